The zero-order valence-corrected chi connectivity index (χ0v) is 10.9. The maximum absolute atomic E-state index is 6.16. The molecule has 0 aromatic heterocycles. The molecule has 5 heteroatoms. The van der Waals surface area contributed by atoms with E-state index in [9.17, 15) is 0 Å². The van der Waals surface area contributed by atoms with Crippen LogP contribution in [0.15, 0.2) is 12.1 Å². The molecule has 1 aromatic carbocycles. The molecule has 94 valence electrons. The van der Waals surface area contributed by atoms with E-state index in [0.717, 1.165) is 18.6 Å². The predicted octanol–water partition coefficient (Wildman–Crippen LogP) is 2.66. The third-order valence-electron chi connectivity index (χ3n) is 2.67. The molecule has 0 bridgehead atoms. The molecular weight excluding hydrogens is 261 g/mol. The van der Waals surface area contributed by atoms with Crippen LogP contribution < -0.4 is 10.5 Å². The van der Waals surface area contributed by atoms with Crippen LogP contribution in [0.3, 0.4) is 0 Å². The van der Waals surface area contributed by atoms with Crippen molar-refractivity contribution in [1.29, 1.82) is 0 Å². The largest absolute Gasteiger partial charge is 0.486 e. The van der Waals surface area contributed by atoms with Crippen molar-refractivity contribution in [2.45, 2.75) is 18.9 Å². The van der Waals surface area contributed by atoms with E-state index >= 15 is 0 Å². The third kappa shape index (κ3) is 3.26. The third-order valence-corrected chi connectivity index (χ3v) is 3.17. The van der Waals surface area contributed by atoms with Gasteiger partial charge in [0.1, 0.15) is 11.9 Å². The second kappa shape index (κ2) is 5.91. The van der Waals surface area contributed by atoms with Crippen molar-refractivity contribution in [3.05, 3.63) is 27.7 Å². The minimum atomic E-state index is 0.0743. The van der Waals surface area contributed by atoms with Gasteiger partial charge in [-0.1, -0.05) is 23.2 Å². The Balaban J connectivity index is 2.22. The van der Waals surface area contributed by atoms with Crippen LogP contribution in [0.25, 0.3) is 0 Å². The second-order valence-electron chi connectivity index (χ2n) is 4.02. The first-order valence-electron chi connectivity index (χ1n) is 5.63. The first kappa shape index (κ1) is 13.0. The van der Waals surface area contributed by atoms with Crippen molar-refractivity contribution < 1.29 is 9.47 Å². The molecule has 1 saturated heterocycles. The predicted molar refractivity (Wildman–Crippen MR) is 69.1 cm³/mol. The number of ether oxygens (including phenoxy) is 2. The van der Waals surface area contributed by atoms with Crippen molar-refractivity contribution in [1.82, 2.24) is 0 Å². The van der Waals surface area contributed by atoms with Crippen molar-refractivity contribution in [3.63, 3.8) is 0 Å². The normalized spacial score (nSPS) is 19.6. The Morgan fingerprint density at radius 3 is 2.88 bits per heavy atom. The molecule has 0 saturated carbocycles. The number of rotatable bonds is 4. The van der Waals surface area contributed by atoms with Crippen LogP contribution in [-0.4, -0.2) is 25.9 Å². The van der Waals surface area contributed by atoms with E-state index in [1.807, 2.05) is 6.07 Å². The first-order chi connectivity index (χ1) is 8.20. The molecule has 2 N–H and O–H groups in total. The van der Waals surface area contributed by atoms with Crippen molar-refractivity contribution in [2.24, 2.45) is 5.73 Å². The van der Waals surface area contributed by atoms with E-state index in [0.29, 0.717) is 35.4 Å². The summed E-state index contributed by atoms with van der Waals surface area (Å²) in [4.78, 5) is 0. The summed E-state index contributed by atoms with van der Waals surface area (Å²) in [6.45, 7) is 1.89. The molecule has 1 atom stereocenters. The highest BCUT2D eigenvalue weighted by molar-refractivity contribution is 6.35. The molecule has 1 aliphatic rings. The van der Waals surface area contributed by atoms with Gasteiger partial charge in [0.25, 0.3) is 0 Å². The van der Waals surface area contributed by atoms with Crippen LogP contribution in [0, 0.1) is 0 Å². The molecule has 3 nitrogen and oxygen atoms in total. The van der Waals surface area contributed by atoms with Gasteiger partial charge < -0.3 is 15.2 Å². The molecule has 1 unspecified atom stereocenters. The molecular formula is C12H15Cl2NO2. The van der Waals surface area contributed by atoms with E-state index in [4.69, 9.17) is 38.4 Å². The molecule has 2 rings (SSSR count). The molecule has 0 spiro atoms. The van der Waals surface area contributed by atoms with Gasteiger partial charge in [0.2, 0.25) is 0 Å². The van der Waals surface area contributed by atoms with E-state index < -0.39 is 0 Å². The van der Waals surface area contributed by atoms with Gasteiger partial charge in [-0.05, 0) is 30.7 Å². The SMILES string of the molecule is NCCc1cc(Cl)cc(Cl)c1OC1CCOC1. The molecule has 0 radical (unpaired) electrons. The van der Waals surface area contributed by atoms with Gasteiger partial charge >= 0.3 is 0 Å². The van der Waals surface area contributed by atoms with Gasteiger partial charge in [0.05, 0.1) is 18.2 Å². The number of hydrogen-bond donors (Lipinski definition) is 1. The summed E-state index contributed by atoms with van der Waals surface area (Å²) < 4.78 is 11.1. The standard InChI is InChI=1S/C12H15Cl2NO2/c13-9-5-8(1-3-15)12(11(14)6-9)17-10-2-4-16-7-10/h5-6,10H,1-4,7,15H2. The average molecular weight is 276 g/mol. The highest BCUT2D eigenvalue weighted by Gasteiger charge is 2.20. The Morgan fingerprint density at radius 1 is 1.41 bits per heavy atom. The van der Waals surface area contributed by atoms with Crippen LogP contribution in [-0.2, 0) is 11.2 Å². The number of halogens is 2. The summed E-state index contributed by atoms with van der Waals surface area (Å²) >= 11 is 12.1. The molecule has 0 amide bonds. The highest BCUT2D eigenvalue weighted by Crippen LogP contribution is 2.34. The molecule has 1 aliphatic heterocycles. The minimum Gasteiger partial charge on any atom is -0.486 e. The topological polar surface area (TPSA) is 44.5 Å². The van der Waals surface area contributed by atoms with Crippen LogP contribution >= 0.6 is 23.2 Å². The maximum Gasteiger partial charge on any atom is 0.141 e. The van der Waals surface area contributed by atoms with Gasteiger partial charge in [0.15, 0.2) is 0 Å². The van der Waals surface area contributed by atoms with E-state index in [1.165, 1.54) is 0 Å². The summed E-state index contributed by atoms with van der Waals surface area (Å²) in [6.07, 6.45) is 1.66. The van der Waals surface area contributed by atoms with Crippen molar-refractivity contribution in [2.75, 3.05) is 19.8 Å². The monoisotopic (exact) mass is 275 g/mol. The molecule has 0 aliphatic carbocycles. The Labute approximate surface area is 111 Å². The lowest BCUT2D eigenvalue weighted by Gasteiger charge is -2.17. The lowest BCUT2D eigenvalue weighted by atomic mass is 10.1. The van der Waals surface area contributed by atoms with Crippen LogP contribution in [0.1, 0.15) is 12.0 Å². The zero-order valence-electron chi connectivity index (χ0n) is 9.42. The molecule has 1 aromatic rings. The second-order valence-corrected chi connectivity index (χ2v) is 4.86. The quantitative estimate of drug-likeness (QED) is 0.919. The summed E-state index contributed by atoms with van der Waals surface area (Å²) in [5.41, 5.74) is 6.53. The summed E-state index contributed by atoms with van der Waals surface area (Å²) in [6, 6.07) is 3.54. The lowest BCUT2D eigenvalue weighted by molar-refractivity contribution is 0.140. The first-order valence-corrected chi connectivity index (χ1v) is 6.38. The number of benzene rings is 1. The van der Waals surface area contributed by atoms with Gasteiger partial charge in [-0.2, -0.15) is 0 Å². The Bertz CT molecular complexity index is 392. The van der Waals surface area contributed by atoms with Gasteiger partial charge in [-0.15, -0.1) is 0 Å². The van der Waals surface area contributed by atoms with Crippen LogP contribution in [0.2, 0.25) is 10.0 Å². The summed E-state index contributed by atoms with van der Waals surface area (Å²) in [5.74, 6) is 0.692. The number of nitrogens with two attached hydrogens (primary N) is 1. The molecule has 17 heavy (non-hydrogen) atoms. The van der Waals surface area contributed by atoms with Crippen molar-refractivity contribution >= 4 is 23.2 Å². The maximum atomic E-state index is 6.16. The number of hydrogen-bond acceptors (Lipinski definition) is 3. The summed E-state index contributed by atoms with van der Waals surface area (Å²) in [5, 5.41) is 1.14. The minimum absolute atomic E-state index is 0.0743. The Morgan fingerprint density at radius 2 is 2.24 bits per heavy atom. The summed E-state index contributed by atoms with van der Waals surface area (Å²) in [7, 11) is 0. The van der Waals surface area contributed by atoms with E-state index in [2.05, 4.69) is 0 Å². The van der Waals surface area contributed by atoms with E-state index in [-0.39, 0.29) is 6.10 Å². The van der Waals surface area contributed by atoms with Crippen molar-refractivity contribution in [3.8, 4) is 5.75 Å². The molecule has 1 fully saturated rings. The van der Waals surface area contributed by atoms with Gasteiger partial charge in [0, 0.05) is 11.4 Å². The van der Waals surface area contributed by atoms with E-state index in [1.54, 1.807) is 6.07 Å². The fourth-order valence-electron chi connectivity index (χ4n) is 1.86. The fraction of sp³-hybridized carbons (Fsp3) is 0.500. The highest BCUT2D eigenvalue weighted by atomic mass is 35.5. The zero-order chi connectivity index (χ0) is 12.3. The smallest absolute Gasteiger partial charge is 0.141 e. The fourth-order valence-corrected chi connectivity index (χ4v) is 2.44. The Kier molecular flexibility index (Phi) is 4.51. The van der Waals surface area contributed by atoms with Crippen LogP contribution in [0.4, 0.5) is 0 Å². The van der Waals surface area contributed by atoms with Crippen LogP contribution in [0.5, 0.6) is 5.75 Å². The lowest BCUT2D eigenvalue weighted by Crippen LogP contribution is -2.17. The van der Waals surface area contributed by atoms with Gasteiger partial charge in [-0.25, -0.2) is 0 Å². The molecule has 1 heterocycles. The van der Waals surface area contributed by atoms with Gasteiger partial charge in [-0.3, -0.25) is 0 Å². The Hall–Kier alpha value is -0.480. The average Bonchev–Trinajstić information content (AvgIpc) is 2.76.